The van der Waals surface area contributed by atoms with Crippen molar-refractivity contribution in [2.24, 2.45) is 0 Å². The summed E-state index contributed by atoms with van der Waals surface area (Å²) in [5.74, 6) is 0.119. The van der Waals surface area contributed by atoms with Gasteiger partial charge in [0.05, 0.1) is 11.6 Å². The summed E-state index contributed by atoms with van der Waals surface area (Å²) in [5.41, 5.74) is 0.156. The molecule has 0 saturated heterocycles. The van der Waals surface area contributed by atoms with Crippen LogP contribution in [-0.4, -0.2) is 31.3 Å². The molecule has 0 bridgehead atoms. The molecule has 2 rings (SSSR count). The highest BCUT2D eigenvalue weighted by Gasteiger charge is 2.17. The minimum Gasteiger partial charge on any atom is -0.342 e. The van der Waals surface area contributed by atoms with Crippen molar-refractivity contribution in [1.29, 1.82) is 0 Å². The van der Waals surface area contributed by atoms with E-state index in [4.69, 9.17) is 23.2 Å². The van der Waals surface area contributed by atoms with Gasteiger partial charge in [-0.25, -0.2) is 4.98 Å². The van der Waals surface area contributed by atoms with E-state index in [0.29, 0.717) is 5.82 Å². The first kappa shape index (κ1) is 12.7. The molecule has 7 nitrogen and oxygen atoms in total. The summed E-state index contributed by atoms with van der Waals surface area (Å²) in [4.78, 5) is 15.9. The molecule has 94 valence electrons. The molecule has 2 aromatic rings. The third kappa shape index (κ3) is 2.74. The molecule has 0 fully saturated rings. The predicted octanol–water partition coefficient (Wildman–Crippen LogP) is 1.39. The normalized spacial score (nSPS) is 12.2. The monoisotopic (exact) mass is 286 g/mol. The maximum Gasteiger partial charge on any atom is 0.255 e. The number of hydrogen-bond donors (Lipinski definition) is 2. The van der Waals surface area contributed by atoms with Crippen LogP contribution in [0.15, 0.2) is 12.4 Å². The number of carbonyl (C=O) groups is 1. The van der Waals surface area contributed by atoms with Crippen LogP contribution in [0, 0.1) is 0 Å². The molecule has 0 saturated carbocycles. The van der Waals surface area contributed by atoms with Crippen molar-refractivity contribution in [1.82, 2.24) is 30.7 Å². The van der Waals surface area contributed by atoms with Crippen LogP contribution in [0.2, 0.25) is 10.3 Å². The van der Waals surface area contributed by atoms with Crippen LogP contribution in [0.3, 0.4) is 0 Å². The van der Waals surface area contributed by atoms with Gasteiger partial charge < -0.3 is 5.32 Å². The summed E-state index contributed by atoms with van der Waals surface area (Å²) in [5, 5.41) is 16.2. The minimum absolute atomic E-state index is 0.0123. The maximum absolute atomic E-state index is 11.9. The number of hydrogen-bond acceptors (Lipinski definition) is 5. The van der Waals surface area contributed by atoms with Gasteiger partial charge in [0.25, 0.3) is 5.91 Å². The minimum atomic E-state index is -0.416. The molecule has 18 heavy (non-hydrogen) atoms. The number of nitrogens with one attached hydrogen (secondary N) is 2. The van der Waals surface area contributed by atoms with Crippen molar-refractivity contribution >= 4 is 29.1 Å². The number of H-pyrrole nitrogens is 1. The summed E-state index contributed by atoms with van der Waals surface area (Å²) < 4.78 is 0. The van der Waals surface area contributed by atoms with Crippen molar-refractivity contribution in [2.45, 2.75) is 13.0 Å². The number of nitrogens with zero attached hydrogens (tertiary/aromatic N) is 4. The molecule has 1 unspecified atom stereocenters. The molecule has 0 aromatic carbocycles. The highest BCUT2D eigenvalue weighted by atomic mass is 35.5. The van der Waals surface area contributed by atoms with Gasteiger partial charge in [0.1, 0.15) is 12.2 Å². The molecule has 1 amide bonds. The van der Waals surface area contributed by atoms with Crippen molar-refractivity contribution in [2.75, 3.05) is 0 Å². The van der Waals surface area contributed by atoms with Crippen molar-refractivity contribution in [3.05, 3.63) is 34.1 Å². The number of rotatable bonds is 3. The molecular weight excluding hydrogens is 279 g/mol. The molecule has 0 spiro atoms. The third-order valence-corrected chi connectivity index (χ3v) is 2.62. The molecule has 2 N–H and O–H groups in total. The SMILES string of the molecule is CC(NC(=O)c1cc(Cl)nnc1Cl)c1ncn[nH]1. The van der Waals surface area contributed by atoms with E-state index in [9.17, 15) is 4.79 Å². The first-order valence-electron chi connectivity index (χ1n) is 4.92. The van der Waals surface area contributed by atoms with Crippen LogP contribution < -0.4 is 5.32 Å². The third-order valence-electron chi connectivity index (χ3n) is 2.16. The van der Waals surface area contributed by atoms with Gasteiger partial charge in [-0.05, 0) is 13.0 Å². The zero-order valence-corrected chi connectivity index (χ0v) is 10.7. The zero-order chi connectivity index (χ0) is 13.1. The topological polar surface area (TPSA) is 96.5 Å². The Hall–Kier alpha value is -1.73. The summed E-state index contributed by atoms with van der Waals surface area (Å²) >= 11 is 11.4. The van der Waals surface area contributed by atoms with Crippen LogP contribution in [0.25, 0.3) is 0 Å². The Bertz CT molecular complexity index is 558. The average Bonchev–Trinajstić information content (AvgIpc) is 2.85. The molecule has 0 radical (unpaired) electrons. The van der Waals surface area contributed by atoms with E-state index in [1.165, 1.54) is 12.4 Å². The molecule has 0 aliphatic carbocycles. The first-order chi connectivity index (χ1) is 8.58. The predicted molar refractivity (Wildman–Crippen MR) is 64.3 cm³/mol. The summed E-state index contributed by atoms with van der Waals surface area (Å²) in [6, 6.07) is 1.00. The number of aromatic amines is 1. The highest BCUT2D eigenvalue weighted by molar-refractivity contribution is 6.34. The van der Waals surface area contributed by atoms with Crippen LogP contribution in [0.4, 0.5) is 0 Å². The Labute approximate surface area is 112 Å². The standard InChI is InChI=1S/C9H8Cl2N6O/c1-4(8-12-3-13-17-8)14-9(18)5-2-6(10)15-16-7(5)11/h2-4H,1H3,(H,14,18)(H,12,13,17). The molecule has 2 heterocycles. The van der Waals surface area contributed by atoms with Gasteiger partial charge in [0.2, 0.25) is 0 Å². The van der Waals surface area contributed by atoms with E-state index in [2.05, 4.69) is 30.7 Å². The Morgan fingerprint density at radius 1 is 1.44 bits per heavy atom. The van der Waals surface area contributed by atoms with E-state index in [1.807, 2.05) is 0 Å². The van der Waals surface area contributed by atoms with Gasteiger partial charge >= 0.3 is 0 Å². The van der Waals surface area contributed by atoms with E-state index in [1.54, 1.807) is 6.92 Å². The zero-order valence-electron chi connectivity index (χ0n) is 9.19. The second-order valence-corrected chi connectivity index (χ2v) is 4.18. The van der Waals surface area contributed by atoms with Gasteiger partial charge in [-0.3, -0.25) is 9.89 Å². The van der Waals surface area contributed by atoms with Gasteiger partial charge in [-0.1, -0.05) is 23.2 Å². The molecule has 1 atom stereocenters. The lowest BCUT2D eigenvalue weighted by Crippen LogP contribution is -2.28. The second kappa shape index (κ2) is 5.28. The quantitative estimate of drug-likeness (QED) is 0.889. The Balaban J connectivity index is 2.15. The van der Waals surface area contributed by atoms with Crippen molar-refractivity contribution in [3.63, 3.8) is 0 Å². The van der Waals surface area contributed by atoms with Crippen molar-refractivity contribution in [3.8, 4) is 0 Å². The summed E-state index contributed by atoms with van der Waals surface area (Å²) in [7, 11) is 0. The van der Waals surface area contributed by atoms with E-state index in [-0.39, 0.29) is 21.9 Å². The average molecular weight is 287 g/mol. The van der Waals surface area contributed by atoms with Crippen LogP contribution >= 0.6 is 23.2 Å². The number of carbonyl (C=O) groups excluding carboxylic acids is 1. The van der Waals surface area contributed by atoms with E-state index in [0.717, 1.165) is 0 Å². The molecule has 9 heteroatoms. The fourth-order valence-corrected chi connectivity index (χ4v) is 1.60. The van der Waals surface area contributed by atoms with Gasteiger partial charge in [-0.15, -0.1) is 10.2 Å². The van der Waals surface area contributed by atoms with Gasteiger partial charge in [0.15, 0.2) is 10.3 Å². The molecule has 2 aromatic heterocycles. The second-order valence-electron chi connectivity index (χ2n) is 3.44. The number of halogens is 2. The van der Waals surface area contributed by atoms with E-state index >= 15 is 0 Å². The van der Waals surface area contributed by atoms with E-state index < -0.39 is 5.91 Å². The number of aromatic nitrogens is 5. The maximum atomic E-state index is 11.9. The Morgan fingerprint density at radius 3 is 2.89 bits per heavy atom. The summed E-state index contributed by atoms with van der Waals surface area (Å²) in [6.45, 7) is 1.75. The lowest BCUT2D eigenvalue weighted by molar-refractivity contribution is 0.0938. The lowest BCUT2D eigenvalue weighted by Gasteiger charge is -2.11. The summed E-state index contributed by atoms with van der Waals surface area (Å²) in [6.07, 6.45) is 1.36. The Kier molecular flexibility index (Phi) is 3.73. The molecular formula is C9H8Cl2N6O. The van der Waals surface area contributed by atoms with Crippen LogP contribution in [0.5, 0.6) is 0 Å². The first-order valence-corrected chi connectivity index (χ1v) is 5.68. The highest BCUT2D eigenvalue weighted by Crippen LogP contribution is 2.16. The molecule has 0 aliphatic rings. The van der Waals surface area contributed by atoms with Crippen LogP contribution in [0.1, 0.15) is 29.1 Å². The van der Waals surface area contributed by atoms with Crippen molar-refractivity contribution < 1.29 is 4.79 Å². The Morgan fingerprint density at radius 2 is 2.22 bits per heavy atom. The lowest BCUT2D eigenvalue weighted by atomic mass is 10.2. The van der Waals surface area contributed by atoms with Gasteiger partial charge in [0, 0.05) is 0 Å². The number of amides is 1. The largest absolute Gasteiger partial charge is 0.342 e. The van der Waals surface area contributed by atoms with Gasteiger partial charge in [-0.2, -0.15) is 5.10 Å². The molecule has 0 aliphatic heterocycles. The fraction of sp³-hybridized carbons (Fsp3) is 0.222. The smallest absolute Gasteiger partial charge is 0.255 e. The van der Waals surface area contributed by atoms with Crippen LogP contribution in [-0.2, 0) is 0 Å². The fourth-order valence-electron chi connectivity index (χ4n) is 1.28.